The molecule has 1 unspecified atom stereocenters. The van der Waals surface area contributed by atoms with E-state index in [4.69, 9.17) is 35.9 Å². The van der Waals surface area contributed by atoms with E-state index < -0.39 is 41.0 Å². The maximum Gasteiger partial charge on any atom is 0.292 e. The quantitative estimate of drug-likeness (QED) is 0.411. The highest BCUT2D eigenvalue weighted by atomic mass is 32.1. The fourth-order valence-corrected chi connectivity index (χ4v) is 4.19. The Morgan fingerprint density at radius 1 is 1.13 bits per heavy atom. The zero-order valence-electron chi connectivity index (χ0n) is 17.1. The van der Waals surface area contributed by atoms with Gasteiger partial charge in [-0.1, -0.05) is 12.1 Å². The summed E-state index contributed by atoms with van der Waals surface area (Å²) >= 11 is 5.44. The number of nitrogens with one attached hydrogen (secondary N) is 2. The largest absolute Gasteiger partial charge is 0.354 e. The molecule has 10 nitrogen and oxygen atoms in total. The molecule has 2 N–H and O–H groups in total. The molecule has 3 aliphatic heterocycles. The number of rotatable bonds is 4. The molecule has 0 bridgehead atoms. The number of ether oxygens (including phenoxy) is 5. The molecule has 30 heavy (non-hydrogen) atoms. The first-order valence-corrected chi connectivity index (χ1v) is 10.1. The summed E-state index contributed by atoms with van der Waals surface area (Å²) in [6, 6.07) is 5.87. The van der Waals surface area contributed by atoms with E-state index in [1.165, 1.54) is 6.07 Å². The van der Waals surface area contributed by atoms with Gasteiger partial charge in [0.25, 0.3) is 5.69 Å². The Morgan fingerprint density at radius 3 is 2.53 bits per heavy atom. The van der Waals surface area contributed by atoms with Gasteiger partial charge in [-0.05, 0) is 46.0 Å². The fraction of sp³-hybridized carbons (Fsp3) is 0.632. The lowest BCUT2D eigenvalue weighted by molar-refractivity contribution is -0.383. The predicted octanol–water partition coefficient (Wildman–Crippen LogP) is 2.28. The molecule has 3 fully saturated rings. The van der Waals surface area contributed by atoms with Crippen molar-refractivity contribution in [3.63, 3.8) is 0 Å². The van der Waals surface area contributed by atoms with E-state index >= 15 is 0 Å². The van der Waals surface area contributed by atoms with Crippen molar-refractivity contribution in [1.29, 1.82) is 0 Å². The van der Waals surface area contributed by atoms with Crippen molar-refractivity contribution in [1.82, 2.24) is 5.32 Å². The third kappa shape index (κ3) is 4.27. The first-order chi connectivity index (χ1) is 14.0. The molecular formula is C19H25N3O7S. The Morgan fingerprint density at radius 2 is 1.87 bits per heavy atom. The molecule has 4 rings (SSSR count). The van der Waals surface area contributed by atoms with E-state index in [1.807, 2.05) is 27.7 Å². The lowest BCUT2D eigenvalue weighted by Crippen LogP contribution is -2.53. The van der Waals surface area contributed by atoms with Crippen molar-refractivity contribution < 1.29 is 28.6 Å². The second-order valence-electron chi connectivity index (χ2n) is 8.33. The molecule has 0 aliphatic carbocycles. The third-order valence-corrected chi connectivity index (χ3v) is 5.35. The lowest BCUT2D eigenvalue weighted by Gasteiger charge is -2.30. The smallest absolute Gasteiger partial charge is 0.292 e. The SMILES string of the molecule is CC1(C)OCC([C@H]2O[C@@H]3OC(C)(C)O[C@@H]3[C@@H]2NC(=S)Nc2ccccc2[N+](=O)[O-])O1. The van der Waals surface area contributed by atoms with Crippen molar-refractivity contribution in [2.24, 2.45) is 0 Å². The van der Waals surface area contributed by atoms with E-state index in [1.54, 1.807) is 18.2 Å². The summed E-state index contributed by atoms with van der Waals surface area (Å²) in [5, 5.41) is 17.6. The summed E-state index contributed by atoms with van der Waals surface area (Å²) in [6.45, 7) is 7.64. The van der Waals surface area contributed by atoms with Crippen molar-refractivity contribution in [3.8, 4) is 0 Å². The van der Waals surface area contributed by atoms with Gasteiger partial charge in [-0.15, -0.1) is 0 Å². The zero-order chi connectivity index (χ0) is 21.7. The van der Waals surface area contributed by atoms with E-state index in [0.717, 1.165) is 0 Å². The molecule has 5 atom stereocenters. The van der Waals surface area contributed by atoms with Gasteiger partial charge in [-0.25, -0.2) is 0 Å². The highest BCUT2D eigenvalue weighted by Gasteiger charge is 2.58. The van der Waals surface area contributed by atoms with Gasteiger partial charge in [0.15, 0.2) is 23.0 Å². The van der Waals surface area contributed by atoms with Crippen molar-refractivity contribution in [3.05, 3.63) is 34.4 Å². The lowest BCUT2D eigenvalue weighted by atomic mass is 10.0. The van der Waals surface area contributed by atoms with Gasteiger partial charge in [0.1, 0.15) is 24.0 Å². The molecule has 0 amide bonds. The van der Waals surface area contributed by atoms with Crippen LogP contribution in [0, 0.1) is 10.1 Å². The Bertz CT molecular complexity index is 849. The maximum atomic E-state index is 11.3. The summed E-state index contributed by atoms with van der Waals surface area (Å²) < 4.78 is 29.7. The minimum atomic E-state index is -0.806. The molecule has 1 aromatic carbocycles. The third-order valence-electron chi connectivity index (χ3n) is 5.13. The van der Waals surface area contributed by atoms with Gasteiger partial charge < -0.3 is 34.3 Å². The first kappa shape index (κ1) is 21.3. The maximum absolute atomic E-state index is 11.3. The first-order valence-electron chi connectivity index (χ1n) is 9.68. The normalized spacial score (nSPS) is 33.8. The zero-order valence-corrected chi connectivity index (χ0v) is 17.9. The molecule has 1 aromatic rings. The van der Waals surface area contributed by atoms with Crippen LogP contribution in [0.25, 0.3) is 0 Å². The van der Waals surface area contributed by atoms with Crippen LogP contribution in [0.2, 0.25) is 0 Å². The Labute approximate surface area is 179 Å². The van der Waals surface area contributed by atoms with E-state index in [0.29, 0.717) is 6.61 Å². The monoisotopic (exact) mass is 439 g/mol. The summed E-state index contributed by atoms with van der Waals surface area (Å²) in [5.74, 6) is -1.53. The van der Waals surface area contributed by atoms with Gasteiger partial charge >= 0.3 is 0 Å². The number of hydrogen-bond acceptors (Lipinski definition) is 8. The average molecular weight is 439 g/mol. The Kier molecular flexibility index (Phi) is 5.45. The number of anilines is 1. The standard InChI is InChI=1S/C19H25N3O7S/c1-18(2)25-9-12(27-18)14-13(15-16(26-14)29-19(3,4)28-15)21-17(30)20-10-7-5-6-8-11(10)22(23)24/h5-8,12-16H,9H2,1-4H3,(H2,20,21,30)/t12?,13-,14-,15-,16-/m1/s1. The van der Waals surface area contributed by atoms with Gasteiger partial charge in [0.05, 0.1) is 17.6 Å². The summed E-state index contributed by atoms with van der Waals surface area (Å²) in [4.78, 5) is 10.8. The molecule has 3 aliphatic rings. The summed E-state index contributed by atoms with van der Waals surface area (Å²) in [7, 11) is 0. The second kappa shape index (κ2) is 7.66. The second-order valence-corrected chi connectivity index (χ2v) is 8.74. The molecule has 3 heterocycles. The summed E-state index contributed by atoms with van der Waals surface area (Å²) in [5.41, 5.74) is 0.215. The molecule has 11 heteroatoms. The van der Waals surface area contributed by atoms with Crippen molar-refractivity contribution in [2.45, 2.75) is 69.9 Å². The van der Waals surface area contributed by atoms with Crippen LogP contribution in [0.3, 0.4) is 0 Å². The molecule has 0 radical (unpaired) electrons. The van der Waals surface area contributed by atoms with Crippen LogP contribution in [0.5, 0.6) is 0 Å². The minimum Gasteiger partial charge on any atom is -0.354 e. The number of thiocarbonyl (C=S) groups is 1. The van der Waals surface area contributed by atoms with E-state index in [9.17, 15) is 10.1 Å². The van der Waals surface area contributed by atoms with Crippen LogP contribution in [0.4, 0.5) is 11.4 Å². The van der Waals surface area contributed by atoms with E-state index in [-0.39, 0.29) is 22.6 Å². The number of nitrogens with zero attached hydrogens (tertiary/aromatic N) is 1. The van der Waals surface area contributed by atoms with Crippen LogP contribution >= 0.6 is 12.2 Å². The van der Waals surface area contributed by atoms with Crippen LogP contribution in [0.15, 0.2) is 24.3 Å². The predicted molar refractivity (Wildman–Crippen MR) is 110 cm³/mol. The van der Waals surface area contributed by atoms with Crippen molar-refractivity contribution in [2.75, 3.05) is 11.9 Å². The van der Waals surface area contributed by atoms with Gasteiger partial charge in [-0.2, -0.15) is 0 Å². The summed E-state index contributed by atoms with van der Waals surface area (Å²) in [6.07, 6.45) is -1.85. The van der Waals surface area contributed by atoms with Crippen LogP contribution in [0.1, 0.15) is 27.7 Å². The molecule has 0 aromatic heterocycles. The minimum absolute atomic E-state index is 0.0744. The van der Waals surface area contributed by atoms with Crippen LogP contribution in [-0.2, 0) is 23.7 Å². The fourth-order valence-electron chi connectivity index (χ4n) is 3.94. The topological polar surface area (TPSA) is 113 Å². The Balaban J connectivity index is 1.51. The molecular weight excluding hydrogens is 414 g/mol. The molecule has 164 valence electrons. The number of nitro groups is 1. The van der Waals surface area contributed by atoms with Gasteiger partial charge in [-0.3, -0.25) is 10.1 Å². The van der Waals surface area contributed by atoms with Crippen molar-refractivity contribution >= 4 is 28.7 Å². The molecule has 3 saturated heterocycles. The average Bonchev–Trinajstić information content (AvgIpc) is 3.25. The number of nitro benzene ring substituents is 1. The number of para-hydroxylation sites is 2. The van der Waals surface area contributed by atoms with Gasteiger partial charge in [0, 0.05) is 6.07 Å². The molecule has 0 spiro atoms. The van der Waals surface area contributed by atoms with Gasteiger partial charge in [0.2, 0.25) is 0 Å². The van der Waals surface area contributed by atoms with Crippen LogP contribution in [-0.4, -0.2) is 58.9 Å². The number of fused-ring (bicyclic) bond motifs is 1. The van der Waals surface area contributed by atoms with Crippen LogP contribution < -0.4 is 10.6 Å². The number of benzene rings is 1. The van der Waals surface area contributed by atoms with E-state index in [2.05, 4.69) is 10.6 Å². The number of hydrogen-bond donors (Lipinski definition) is 2. The highest BCUT2D eigenvalue weighted by Crippen LogP contribution is 2.40. The highest BCUT2D eigenvalue weighted by molar-refractivity contribution is 7.80. The Hall–Kier alpha value is -1.89. The molecule has 0 saturated carbocycles.